The zero-order chi connectivity index (χ0) is 13.5. The van der Waals surface area contributed by atoms with Gasteiger partial charge in [0.05, 0.1) is 5.69 Å². The Kier molecular flexibility index (Phi) is 2.43. The zero-order valence-electron chi connectivity index (χ0n) is 11.4. The van der Waals surface area contributed by atoms with Crippen molar-refractivity contribution < 1.29 is 0 Å². The number of para-hydroxylation sites is 2. The van der Waals surface area contributed by atoms with Crippen molar-refractivity contribution in [2.75, 3.05) is 0 Å². The first-order valence-corrected chi connectivity index (χ1v) is 7.03. The van der Waals surface area contributed by atoms with E-state index in [0.717, 1.165) is 6.54 Å². The van der Waals surface area contributed by atoms with Crippen LogP contribution in [0.25, 0.3) is 33.1 Å². The molecule has 4 aromatic rings. The third-order valence-corrected chi connectivity index (χ3v) is 3.99. The number of nitrogens with one attached hydrogen (secondary N) is 1. The summed E-state index contributed by atoms with van der Waals surface area (Å²) in [4.78, 5) is 3.37. The molecule has 98 valence electrons. The van der Waals surface area contributed by atoms with Crippen LogP contribution in [-0.2, 0) is 6.54 Å². The number of hydrogen-bond acceptors (Lipinski definition) is 0. The van der Waals surface area contributed by atoms with E-state index in [4.69, 9.17) is 0 Å². The van der Waals surface area contributed by atoms with Crippen molar-refractivity contribution in [3.05, 3.63) is 60.8 Å². The molecule has 20 heavy (non-hydrogen) atoms. The second kappa shape index (κ2) is 4.27. The Morgan fingerprint density at radius 2 is 1.80 bits per heavy atom. The summed E-state index contributed by atoms with van der Waals surface area (Å²) < 4.78 is 2.38. The average molecular weight is 260 g/mol. The molecule has 2 aromatic carbocycles. The summed E-state index contributed by atoms with van der Waals surface area (Å²) in [6, 6.07) is 19.3. The Bertz CT molecular complexity index is 896. The highest BCUT2D eigenvalue weighted by molar-refractivity contribution is 5.98. The van der Waals surface area contributed by atoms with Crippen LogP contribution in [0.5, 0.6) is 0 Å². The number of benzene rings is 2. The van der Waals surface area contributed by atoms with Gasteiger partial charge in [0.25, 0.3) is 0 Å². The van der Waals surface area contributed by atoms with E-state index in [9.17, 15) is 0 Å². The first-order valence-electron chi connectivity index (χ1n) is 7.03. The summed E-state index contributed by atoms with van der Waals surface area (Å²) >= 11 is 0. The van der Waals surface area contributed by atoms with Crippen LogP contribution < -0.4 is 0 Å². The maximum absolute atomic E-state index is 3.37. The molecule has 2 heterocycles. The fourth-order valence-corrected chi connectivity index (χ4v) is 3.06. The maximum Gasteiger partial charge on any atom is 0.0512 e. The lowest BCUT2D eigenvalue weighted by molar-refractivity contribution is 0.806. The molecule has 0 atom stereocenters. The summed E-state index contributed by atoms with van der Waals surface area (Å²) in [5.74, 6) is 0. The number of aromatic nitrogens is 2. The minimum absolute atomic E-state index is 0.975. The van der Waals surface area contributed by atoms with Crippen LogP contribution in [0.1, 0.15) is 6.92 Å². The van der Waals surface area contributed by atoms with Crippen molar-refractivity contribution in [1.29, 1.82) is 0 Å². The van der Waals surface area contributed by atoms with Gasteiger partial charge in [0, 0.05) is 40.1 Å². The molecule has 0 amide bonds. The van der Waals surface area contributed by atoms with Crippen molar-refractivity contribution >= 4 is 21.8 Å². The molecule has 0 spiro atoms. The number of aromatic amines is 1. The first kappa shape index (κ1) is 11.4. The first-order chi connectivity index (χ1) is 9.88. The third kappa shape index (κ3) is 1.51. The molecule has 2 aromatic heterocycles. The normalized spacial score (nSPS) is 11.4. The number of rotatable bonds is 2. The lowest BCUT2D eigenvalue weighted by Crippen LogP contribution is -1.95. The minimum Gasteiger partial charge on any atom is -0.360 e. The van der Waals surface area contributed by atoms with E-state index in [1.807, 2.05) is 0 Å². The minimum atomic E-state index is 0.975. The molecule has 0 fully saturated rings. The number of H-pyrrole nitrogens is 1. The summed E-state index contributed by atoms with van der Waals surface area (Å²) in [5, 5.41) is 2.58. The standard InChI is InChI=1S/C18H16N2/c1-2-20-17-10-6-3-7-13(17)11-18(20)15-12-19-16-9-5-4-8-14(15)16/h3-12,19H,2H2,1H3. The molecular formula is C18H16N2. The second-order valence-corrected chi connectivity index (χ2v) is 5.08. The topological polar surface area (TPSA) is 20.7 Å². The zero-order valence-corrected chi connectivity index (χ0v) is 11.4. The van der Waals surface area contributed by atoms with Gasteiger partial charge in [-0.1, -0.05) is 36.4 Å². The predicted octanol–water partition coefficient (Wildman–Crippen LogP) is 4.81. The SMILES string of the molecule is CCn1c(-c2c[nH]c3ccccc23)cc2ccccc21. The van der Waals surface area contributed by atoms with E-state index in [1.54, 1.807) is 0 Å². The summed E-state index contributed by atoms with van der Waals surface area (Å²) in [5.41, 5.74) is 5.05. The Balaban J connectivity index is 2.07. The molecular weight excluding hydrogens is 244 g/mol. The van der Waals surface area contributed by atoms with Crippen LogP contribution in [-0.4, -0.2) is 9.55 Å². The largest absolute Gasteiger partial charge is 0.360 e. The lowest BCUT2D eigenvalue weighted by atomic mass is 10.1. The molecule has 0 radical (unpaired) electrons. The van der Waals surface area contributed by atoms with Gasteiger partial charge in [-0.3, -0.25) is 0 Å². The monoisotopic (exact) mass is 260 g/mol. The van der Waals surface area contributed by atoms with Gasteiger partial charge >= 0.3 is 0 Å². The highest BCUT2D eigenvalue weighted by atomic mass is 15.0. The third-order valence-electron chi connectivity index (χ3n) is 3.99. The Labute approximate surface area is 117 Å². The van der Waals surface area contributed by atoms with Crippen LogP contribution in [0.2, 0.25) is 0 Å². The van der Waals surface area contributed by atoms with Gasteiger partial charge in [0.2, 0.25) is 0 Å². The predicted molar refractivity (Wildman–Crippen MR) is 84.9 cm³/mol. The fourth-order valence-electron chi connectivity index (χ4n) is 3.06. The smallest absolute Gasteiger partial charge is 0.0512 e. The summed E-state index contributed by atoms with van der Waals surface area (Å²) in [7, 11) is 0. The van der Waals surface area contributed by atoms with Crippen molar-refractivity contribution in [3.63, 3.8) is 0 Å². The lowest BCUT2D eigenvalue weighted by Gasteiger charge is -2.07. The summed E-state index contributed by atoms with van der Waals surface area (Å²) in [6.07, 6.45) is 2.12. The molecule has 0 aliphatic carbocycles. The molecule has 4 rings (SSSR count). The Hall–Kier alpha value is -2.48. The molecule has 2 nitrogen and oxygen atoms in total. The van der Waals surface area contributed by atoms with Crippen molar-refractivity contribution in [1.82, 2.24) is 9.55 Å². The molecule has 0 unspecified atom stereocenters. The molecule has 0 aliphatic heterocycles. The van der Waals surface area contributed by atoms with Gasteiger partial charge in [-0.05, 0) is 25.1 Å². The number of nitrogens with zero attached hydrogens (tertiary/aromatic N) is 1. The molecule has 0 saturated heterocycles. The average Bonchev–Trinajstić information content (AvgIpc) is 3.07. The molecule has 2 heteroatoms. The van der Waals surface area contributed by atoms with Crippen LogP contribution in [0, 0.1) is 0 Å². The maximum atomic E-state index is 3.37. The van der Waals surface area contributed by atoms with E-state index in [2.05, 4.69) is 77.3 Å². The number of hydrogen-bond donors (Lipinski definition) is 1. The molecule has 0 saturated carbocycles. The van der Waals surface area contributed by atoms with Crippen molar-refractivity contribution in [2.24, 2.45) is 0 Å². The molecule has 1 N–H and O–H groups in total. The van der Waals surface area contributed by atoms with E-state index in [-0.39, 0.29) is 0 Å². The second-order valence-electron chi connectivity index (χ2n) is 5.08. The van der Waals surface area contributed by atoms with E-state index in [0.29, 0.717) is 0 Å². The van der Waals surface area contributed by atoms with Crippen molar-refractivity contribution in [2.45, 2.75) is 13.5 Å². The summed E-state index contributed by atoms with van der Waals surface area (Å²) in [6.45, 7) is 3.17. The van der Waals surface area contributed by atoms with Crippen LogP contribution >= 0.6 is 0 Å². The quantitative estimate of drug-likeness (QED) is 0.534. The molecule has 0 aliphatic rings. The van der Waals surface area contributed by atoms with E-state index < -0.39 is 0 Å². The van der Waals surface area contributed by atoms with Crippen LogP contribution in [0.4, 0.5) is 0 Å². The van der Waals surface area contributed by atoms with Gasteiger partial charge in [-0.15, -0.1) is 0 Å². The fraction of sp³-hybridized carbons (Fsp3) is 0.111. The van der Waals surface area contributed by atoms with E-state index >= 15 is 0 Å². The van der Waals surface area contributed by atoms with Crippen LogP contribution in [0.3, 0.4) is 0 Å². The highest BCUT2D eigenvalue weighted by Crippen LogP contribution is 2.33. The Morgan fingerprint density at radius 1 is 1.00 bits per heavy atom. The highest BCUT2D eigenvalue weighted by Gasteiger charge is 2.12. The number of fused-ring (bicyclic) bond motifs is 2. The van der Waals surface area contributed by atoms with Gasteiger partial charge in [-0.25, -0.2) is 0 Å². The van der Waals surface area contributed by atoms with Gasteiger partial charge < -0.3 is 9.55 Å². The van der Waals surface area contributed by atoms with Gasteiger partial charge in [0.15, 0.2) is 0 Å². The van der Waals surface area contributed by atoms with Gasteiger partial charge in [0.1, 0.15) is 0 Å². The van der Waals surface area contributed by atoms with Gasteiger partial charge in [-0.2, -0.15) is 0 Å². The van der Waals surface area contributed by atoms with Crippen LogP contribution in [0.15, 0.2) is 60.8 Å². The van der Waals surface area contributed by atoms with E-state index in [1.165, 1.54) is 33.1 Å². The molecule has 0 bridgehead atoms. The Morgan fingerprint density at radius 3 is 2.70 bits per heavy atom. The number of aryl methyl sites for hydroxylation is 1. The van der Waals surface area contributed by atoms with Crippen molar-refractivity contribution in [3.8, 4) is 11.3 Å².